The highest BCUT2D eigenvalue weighted by molar-refractivity contribution is 6.05. The van der Waals surface area contributed by atoms with E-state index in [9.17, 15) is 14.3 Å². The second kappa shape index (κ2) is 9.36. The lowest BCUT2D eigenvalue weighted by atomic mass is 9.93. The van der Waals surface area contributed by atoms with Crippen molar-refractivity contribution in [1.29, 1.82) is 0 Å². The minimum Gasteiger partial charge on any atom is -0.503 e. The van der Waals surface area contributed by atoms with Crippen LogP contribution in [-0.2, 0) is 11.2 Å². The Hall–Kier alpha value is -3.80. The molecule has 1 aliphatic rings. The van der Waals surface area contributed by atoms with E-state index in [1.54, 1.807) is 31.3 Å². The van der Waals surface area contributed by atoms with Gasteiger partial charge in [-0.25, -0.2) is 4.39 Å². The zero-order chi connectivity index (χ0) is 23.5. The third kappa shape index (κ3) is 4.42. The molecular formula is C27H26FNO4. The lowest BCUT2D eigenvalue weighted by Crippen LogP contribution is -2.32. The number of aliphatic hydroxyl groups excluding tert-OH is 1. The number of methoxy groups -OCH3 is 2. The predicted octanol–water partition coefficient (Wildman–Crippen LogP) is 5.25. The normalized spacial score (nSPS) is 15.8. The number of carbonyl (C=O) groups excluding carboxylic acids is 1. The molecule has 4 rings (SSSR count). The van der Waals surface area contributed by atoms with E-state index in [0.717, 1.165) is 22.3 Å². The van der Waals surface area contributed by atoms with Gasteiger partial charge in [-0.1, -0.05) is 48.0 Å². The van der Waals surface area contributed by atoms with Crippen LogP contribution in [0.2, 0.25) is 0 Å². The summed E-state index contributed by atoms with van der Waals surface area (Å²) in [5, 5.41) is 10.9. The van der Waals surface area contributed by atoms with Crippen LogP contribution in [0.25, 0.3) is 5.57 Å². The summed E-state index contributed by atoms with van der Waals surface area (Å²) in [5.74, 6) is 0.161. The summed E-state index contributed by atoms with van der Waals surface area (Å²) >= 11 is 0. The van der Waals surface area contributed by atoms with Gasteiger partial charge in [0.05, 0.1) is 20.3 Å². The minimum absolute atomic E-state index is 0.277. The van der Waals surface area contributed by atoms with Crippen molar-refractivity contribution in [2.75, 3.05) is 20.8 Å². The molecule has 6 heteroatoms. The van der Waals surface area contributed by atoms with Crippen molar-refractivity contribution in [2.24, 2.45) is 0 Å². The van der Waals surface area contributed by atoms with E-state index in [-0.39, 0.29) is 11.6 Å². The molecule has 1 amide bonds. The lowest BCUT2D eigenvalue weighted by Gasteiger charge is -2.27. The van der Waals surface area contributed by atoms with E-state index < -0.39 is 11.9 Å². The van der Waals surface area contributed by atoms with Crippen LogP contribution in [-0.4, -0.2) is 36.7 Å². The monoisotopic (exact) mass is 447 g/mol. The number of nitrogens with zero attached hydrogens (tertiary/aromatic N) is 1. The number of aliphatic hydroxyl groups is 1. The molecule has 0 saturated carbocycles. The van der Waals surface area contributed by atoms with Crippen molar-refractivity contribution in [2.45, 2.75) is 19.4 Å². The Balaban J connectivity index is 1.68. The SMILES string of the molecule is COc1ccc(CCN2C(=O)C(O)=C(c3ccc(C)cc3)[C@@H]2c2ccc(F)cc2)cc1OC. The molecule has 1 heterocycles. The molecule has 170 valence electrons. The fourth-order valence-corrected chi connectivity index (χ4v) is 4.19. The van der Waals surface area contributed by atoms with Crippen LogP contribution >= 0.6 is 0 Å². The quantitative estimate of drug-likeness (QED) is 0.538. The number of rotatable bonds is 7. The molecule has 0 radical (unpaired) electrons. The first-order valence-corrected chi connectivity index (χ1v) is 10.7. The third-order valence-electron chi connectivity index (χ3n) is 5.94. The summed E-state index contributed by atoms with van der Waals surface area (Å²) in [6.45, 7) is 2.33. The maximum atomic E-state index is 13.6. The topological polar surface area (TPSA) is 59.0 Å². The standard InChI is InChI=1S/C27H26FNO4/c1-17-4-7-19(8-5-17)24-25(20-9-11-21(28)12-10-20)29(27(31)26(24)30)15-14-18-6-13-22(32-2)23(16-18)33-3/h4-13,16,25,30H,14-15H2,1-3H3/t25-/m0/s1. The highest BCUT2D eigenvalue weighted by atomic mass is 19.1. The van der Waals surface area contributed by atoms with Gasteiger partial charge in [-0.15, -0.1) is 0 Å². The molecule has 0 bridgehead atoms. The Morgan fingerprint density at radius 1 is 0.939 bits per heavy atom. The Kier molecular flexibility index (Phi) is 6.36. The Bertz CT molecular complexity index is 1190. The van der Waals surface area contributed by atoms with Crippen molar-refractivity contribution in [3.8, 4) is 11.5 Å². The van der Waals surface area contributed by atoms with Gasteiger partial charge < -0.3 is 19.5 Å². The second-order valence-electron chi connectivity index (χ2n) is 8.02. The molecule has 0 unspecified atom stereocenters. The average Bonchev–Trinajstić information content (AvgIpc) is 3.08. The number of aryl methyl sites for hydroxylation is 1. The van der Waals surface area contributed by atoms with Crippen molar-refractivity contribution < 1.29 is 23.8 Å². The number of hydrogen-bond donors (Lipinski definition) is 1. The van der Waals surface area contributed by atoms with Crippen molar-refractivity contribution in [1.82, 2.24) is 4.90 Å². The number of ether oxygens (including phenoxy) is 2. The number of benzene rings is 3. The van der Waals surface area contributed by atoms with Crippen LogP contribution in [0, 0.1) is 12.7 Å². The van der Waals surface area contributed by atoms with Crippen LogP contribution < -0.4 is 9.47 Å². The van der Waals surface area contributed by atoms with Gasteiger partial charge in [0.2, 0.25) is 0 Å². The molecular weight excluding hydrogens is 421 g/mol. The molecule has 1 aliphatic heterocycles. The summed E-state index contributed by atoms with van der Waals surface area (Å²) in [6, 6.07) is 18.8. The van der Waals surface area contributed by atoms with Gasteiger partial charge in [0.15, 0.2) is 17.3 Å². The molecule has 33 heavy (non-hydrogen) atoms. The van der Waals surface area contributed by atoms with E-state index in [4.69, 9.17) is 9.47 Å². The molecule has 3 aromatic rings. The van der Waals surface area contributed by atoms with Crippen LogP contribution in [0.4, 0.5) is 4.39 Å². The van der Waals surface area contributed by atoms with Crippen molar-refractivity contribution >= 4 is 11.5 Å². The van der Waals surface area contributed by atoms with Crippen LogP contribution in [0.3, 0.4) is 0 Å². The average molecular weight is 448 g/mol. The van der Waals surface area contributed by atoms with Gasteiger partial charge in [0.25, 0.3) is 5.91 Å². The molecule has 0 saturated heterocycles. The summed E-state index contributed by atoms with van der Waals surface area (Å²) in [5.41, 5.74) is 4.05. The number of amides is 1. The molecule has 5 nitrogen and oxygen atoms in total. The summed E-state index contributed by atoms with van der Waals surface area (Å²) < 4.78 is 24.3. The van der Waals surface area contributed by atoms with Gasteiger partial charge in [-0.3, -0.25) is 4.79 Å². The maximum absolute atomic E-state index is 13.6. The van der Waals surface area contributed by atoms with Crippen LogP contribution in [0.1, 0.15) is 28.3 Å². The van der Waals surface area contributed by atoms with E-state index in [1.165, 1.54) is 12.1 Å². The van der Waals surface area contributed by atoms with Gasteiger partial charge in [0.1, 0.15) is 5.82 Å². The molecule has 0 spiro atoms. The smallest absolute Gasteiger partial charge is 0.289 e. The Morgan fingerprint density at radius 2 is 1.61 bits per heavy atom. The van der Waals surface area contributed by atoms with Gasteiger partial charge in [0, 0.05) is 12.1 Å². The van der Waals surface area contributed by atoms with E-state index >= 15 is 0 Å². The number of hydrogen-bond acceptors (Lipinski definition) is 4. The molecule has 1 atom stereocenters. The van der Waals surface area contributed by atoms with E-state index in [1.807, 2.05) is 49.4 Å². The fourth-order valence-electron chi connectivity index (χ4n) is 4.19. The predicted molar refractivity (Wildman–Crippen MR) is 125 cm³/mol. The summed E-state index contributed by atoms with van der Waals surface area (Å²) in [4.78, 5) is 14.8. The molecule has 3 aromatic carbocycles. The van der Waals surface area contributed by atoms with Crippen molar-refractivity contribution in [3.05, 3.63) is 101 Å². The number of carbonyl (C=O) groups is 1. The Morgan fingerprint density at radius 3 is 2.24 bits per heavy atom. The highest BCUT2D eigenvalue weighted by Crippen LogP contribution is 2.43. The third-order valence-corrected chi connectivity index (χ3v) is 5.94. The van der Waals surface area contributed by atoms with Crippen molar-refractivity contribution in [3.63, 3.8) is 0 Å². The molecule has 1 N–H and O–H groups in total. The number of halogens is 1. The van der Waals surface area contributed by atoms with Crippen LogP contribution in [0.15, 0.2) is 72.5 Å². The first kappa shape index (κ1) is 22.4. The molecule has 0 aliphatic carbocycles. The zero-order valence-corrected chi connectivity index (χ0v) is 18.8. The lowest BCUT2D eigenvalue weighted by molar-refractivity contribution is -0.129. The zero-order valence-electron chi connectivity index (χ0n) is 18.8. The summed E-state index contributed by atoms with van der Waals surface area (Å²) in [7, 11) is 3.15. The fraction of sp³-hybridized carbons (Fsp3) is 0.222. The first-order valence-electron chi connectivity index (χ1n) is 10.7. The van der Waals surface area contributed by atoms with E-state index in [2.05, 4.69) is 0 Å². The first-order chi connectivity index (χ1) is 15.9. The summed E-state index contributed by atoms with van der Waals surface area (Å²) in [6.07, 6.45) is 0.540. The van der Waals surface area contributed by atoms with E-state index in [0.29, 0.717) is 30.0 Å². The Labute approximate surface area is 192 Å². The maximum Gasteiger partial charge on any atom is 0.289 e. The van der Waals surface area contributed by atoms with Gasteiger partial charge in [-0.05, 0) is 54.3 Å². The minimum atomic E-state index is -0.527. The van der Waals surface area contributed by atoms with Gasteiger partial charge in [-0.2, -0.15) is 0 Å². The highest BCUT2D eigenvalue weighted by Gasteiger charge is 2.40. The second-order valence-corrected chi connectivity index (χ2v) is 8.02. The van der Waals surface area contributed by atoms with Gasteiger partial charge >= 0.3 is 0 Å². The molecule has 0 aromatic heterocycles. The molecule has 0 fully saturated rings. The van der Waals surface area contributed by atoms with Crippen LogP contribution in [0.5, 0.6) is 11.5 Å². The largest absolute Gasteiger partial charge is 0.503 e.